The van der Waals surface area contributed by atoms with Gasteiger partial charge in [-0.3, -0.25) is 0 Å². The maximum Gasteiger partial charge on any atom is 0.164 e. The lowest BCUT2D eigenvalue weighted by Crippen LogP contribution is -2.14. The van der Waals surface area contributed by atoms with Crippen LogP contribution in [0.2, 0.25) is 0 Å². The predicted octanol–water partition coefficient (Wildman–Crippen LogP) is 13.9. The molecular formula is C54H38N4O. The summed E-state index contributed by atoms with van der Waals surface area (Å²) in [6.07, 6.45) is 8.28. The Labute approximate surface area is 341 Å². The van der Waals surface area contributed by atoms with E-state index >= 15 is 0 Å². The van der Waals surface area contributed by atoms with E-state index in [-0.39, 0.29) is 5.41 Å². The standard InChI is InChI=1S/C54H38N4O/c1-54(2)44-21-11-9-19-41(44)50-42(20-13-22-45(50)54)53-56-51(34-16-7-4-8-17-34)55-52(57-53)36-24-27-39-40-28-26-37(32-49(40)59-48(39)31-36)58-46-23-12-10-18-38(46)43-30-35(25-29-47(43)58)33-14-5-3-6-15-33/h3-7,9-16,18-32H,8,17H2,1-2H3. The number of para-hydroxylation sites is 1. The van der Waals surface area contributed by atoms with Crippen molar-refractivity contribution in [2.24, 2.45) is 0 Å². The number of allylic oxidation sites excluding steroid dienone is 4. The SMILES string of the molecule is CC1(C)c2ccccc2-c2c(-c3nc(C4=CC=CCC4)nc(-c4ccc5c(c4)oc4cc(-n6c7ccccc7c7cc(-c8ccccc8)ccc76)ccc45)n3)cccc21. The van der Waals surface area contributed by atoms with E-state index in [1.807, 2.05) is 0 Å². The van der Waals surface area contributed by atoms with E-state index in [0.717, 1.165) is 68.2 Å². The van der Waals surface area contributed by atoms with Crippen molar-refractivity contribution in [3.8, 4) is 50.7 Å². The lowest BCUT2D eigenvalue weighted by atomic mass is 9.82. The molecule has 0 aliphatic heterocycles. The van der Waals surface area contributed by atoms with E-state index in [9.17, 15) is 0 Å². The van der Waals surface area contributed by atoms with Crippen molar-refractivity contribution in [1.82, 2.24) is 19.5 Å². The minimum atomic E-state index is -0.128. The molecule has 5 nitrogen and oxygen atoms in total. The molecule has 0 fully saturated rings. The first-order valence-corrected chi connectivity index (χ1v) is 20.4. The largest absolute Gasteiger partial charge is 0.456 e. The summed E-state index contributed by atoms with van der Waals surface area (Å²) in [5, 5.41) is 4.57. The maximum absolute atomic E-state index is 6.73. The van der Waals surface area contributed by atoms with E-state index in [0.29, 0.717) is 17.5 Å². The second kappa shape index (κ2) is 12.8. The lowest BCUT2D eigenvalue weighted by molar-refractivity contribution is 0.660. The monoisotopic (exact) mass is 758 g/mol. The fourth-order valence-electron chi connectivity index (χ4n) is 9.60. The smallest absolute Gasteiger partial charge is 0.164 e. The molecule has 5 heteroatoms. The highest BCUT2D eigenvalue weighted by Crippen LogP contribution is 2.51. The molecule has 0 bridgehead atoms. The second-order valence-electron chi connectivity index (χ2n) is 16.3. The van der Waals surface area contributed by atoms with Crippen LogP contribution >= 0.6 is 0 Å². The maximum atomic E-state index is 6.73. The average molecular weight is 759 g/mol. The van der Waals surface area contributed by atoms with Crippen molar-refractivity contribution in [3.05, 3.63) is 187 Å². The number of fused-ring (bicyclic) bond motifs is 9. The third-order valence-corrected chi connectivity index (χ3v) is 12.5. The quantitative estimate of drug-likeness (QED) is 0.175. The molecule has 2 aliphatic carbocycles. The van der Waals surface area contributed by atoms with Crippen LogP contribution in [-0.4, -0.2) is 19.5 Å². The van der Waals surface area contributed by atoms with Gasteiger partial charge in [0, 0.05) is 49.8 Å². The number of nitrogens with zero attached hydrogens (tertiary/aromatic N) is 4. The number of aromatic nitrogens is 4. The summed E-state index contributed by atoms with van der Waals surface area (Å²) >= 11 is 0. The summed E-state index contributed by atoms with van der Waals surface area (Å²) < 4.78 is 9.08. The summed E-state index contributed by atoms with van der Waals surface area (Å²) in [6, 6.07) is 54.2. The Morgan fingerprint density at radius 3 is 2.12 bits per heavy atom. The first-order valence-electron chi connectivity index (χ1n) is 20.4. The van der Waals surface area contributed by atoms with Crippen molar-refractivity contribution in [2.45, 2.75) is 32.1 Å². The highest BCUT2D eigenvalue weighted by atomic mass is 16.3. The Balaban J connectivity index is 0.991. The lowest BCUT2D eigenvalue weighted by Gasteiger charge is -2.21. The average Bonchev–Trinajstić information content (AvgIpc) is 3.91. The third-order valence-electron chi connectivity index (χ3n) is 12.5. The van der Waals surface area contributed by atoms with Gasteiger partial charge in [-0.2, -0.15) is 0 Å². The predicted molar refractivity (Wildman–Crippen MR) is 242 cm³/mol. The van der Waals surface area contributed by atoms with Crippen LogP contribution in [0.25, 0.3) is 100 Å². The Morgan fingerprint density at radius 1 is 0.525 bits per heavy atom. The fourth-order valence-corrected chi connectivity index (χ4v) is 9.60. The normalized spacial score (nSPS) is 14.3. The molecule has 0 saturated carbocycles. The van der Waals surface area contributed by atoms with Crippen LogP contribution in [0.5, 0.6) is 0 Å². The van der Waals surface area contributed by atoms with Crippen LogP contribution in [-0.2, 0) is 5.41 Å². The van der Waals surface area contributed by atoms with Crippen LogP contribution in [0.4, 0.5) is 0 Å². The molecule has 0 N–H and O–H groups in total. The van der Waals surface area contributed by atoms with Crippen LogP contribution in [0.3, 0.4) is 0 Å². The minimum absolute atomic E-state index is 0.128. The van der Waals surface area contributed by atoms with Gasteiger partial charge in [-0.05, 0) is 94.3 Å². The Bertz CT molecular complexity index is 3420. The summed E-state index contributed by atoms with van der Waals surface area (Å²) in [5.74, 6) is 2.03. The number of hydrogen-bond donors (Lipinski definition) is 0. The zero-order valence-corrected chi connectivity index (χ0v) is 32.8. The molecule has 280 valence electrons. The van der Waals surface area contributed by atoms with Crippen LogP contribution in [0.1, 0.15) is 43.6 Å². The molecule has 3 heterocycles. The summed E-state index contributed by atoms with van der Waals surface area (Å²) in [6.45, 7) is 4.61. The molecule has 0 spiro atoms. The Morgan fingerprint density at radius 2 is 1.24 bits per heavy atom. The highest BCUT2D eigenvalue weighted by Gasteiger charge is 2.37. The van der Waals surface area contributed by atoms with Gasteiger partial charge in [0.2, 0.25) is 0 Å². The van der Waals surface area contributed by atoms with Gasteiger partial charge in [0.15, 0.2) is 17.5 Å². The van der Waals surface area contributed by atoms with Gasteiger partial charge in [0.25, 0.3) is 0 Å². The van der Waals surface area contributed by atoms with Gasteiger partial charge in [0.05, 0.1) is 11.0 Å². The van der Waals surface area contributed by atoms with Gasteiger partial charge in [-0.1, -0.05) is 135 Å². The molecule has 0 saturated heterocycles. The molecule has 3 aromatic heterocycles. The zero-order valence-electron chi connectivity index (χ0n) is 32.8. The van der Waals surface area contributed by atoms with Crippen LogP contribution < -0.4 is 0 Å². The summed E-state index contributed by atoms with van der Waals surface area (Å²) in [7, 11) is 0. The Kier molecular flexibility index (Phi) is 7.33. The van der Waals surface area contributed by atoms with Crippen LogP contribution in [0.15, 0.2) is 174 Å². The molecule has 12 rings (SSSR count). The van der Waals surface area contributed by atoms with Gasteiger partial charge in [0.1, 0.15) is 11.2 Å². The molecule has 0 radical (unpaired) electrons. The minimum Gasteiger partial charge on any atom is -0.456 e. The first kappa shape index (κ1) is 33.7. The number of furan rings is 1. The van der Waals surface area contributed by atoms with Crippen molar-refractivity contribution < 1.29 is 4.42 Å². The second-order valence-corrected chi connectivity index (χ2v) is 16.3. The van der Waals surface area contributed by atoms with E-state index in [1.54, 1.807) is 0 Å². The Hall–Kier alpha value is -7.37. The molecule has 2 aliphatic rings. The van der Waals surface area contributed by atoms with E-state index in [2.05, 4.69) is 188 Å². The first-order chi connectivity index (χ1) is 29.0. The van der Waals surface area contributed by atoms with Gasteiger partial charge < -0.3 is 8.98 Å². The van der Waals surface area contributed by atoms with Crippen LogP contribution in [0, 0.1) is 0 Å². The molecule has 10 aromatic rings. The van der Waals surface area contributed by atoms with E-state index in [1.165, 1.54) is 44.2 Å². The number of rotatable bonds is 5. The van der Waals surface area contributed by atoms with Gasteiger partial charge in [-0.15, -0.1) is 0 Å². The van der Waals surface area contributed by atoms with Gasteiger partial charge in [-0.25, -0.2) is 15.0 Å². The van der Waals surface area contributed by atoms with E-state index < -0.39 is 0 Å². The highest BCUT2D eigenvalue weighted by molar-refractivity contribution is 6.11. The van der Waals surface area contributed by atoms with Crippen molar-refractivity contribution in [2.75, 3.05) is 0 Å². The number of benzene rings is 7. The molecule has 59 heavy (non-hydrogen) atoms. The van der Waals surface area contributed by atoms with Crippen molar-refractivity contribution in [3.63, 3.8) is 0 Å². The molecule has 0 amide bonds. The van der Waals surface area contributed by atoms with Gasteiger partial charge >= 0.3 is 0 Å². The molecule has 0 unspecified atom stereocenters. The summed E-state index contributed by atoms with van der Waals surface area (Å²) in [4.78, 5) is 15.6. The fraction of sp³-hybridized carbons (Fsp3) is 0.0926. The van der Waals surface area contributed by atoms with E-state index in [4.69, 9.17) is 19.4 Å². The van der Waals surface area contributed by atoms with Crippen molar-refractivity contribution in [1.29, 1.82) is 0 Å². The zero-order chi connectivity index (χ0) is 39.2. The molecule has 0 atom stereocenters. The molecular weight excluding hydrogens is 721 g/mol. The topological polar surface area (TPSA) is 56.7 Å². The molecule has 7 aromatic carbocycles. The summed E-state index contributed by atoms with van der Waals surface area (Å²) in [5.41, 5.74) is 15.4. The number of hydrogen-bond acceptors (Lipinski definition) is 4. The van der Waals surface area contributed by atoms with Crippen molar-refractivity contribution >= 4 is 49.3 Å². The third kappa shape index (κ3) is 5.21.